The third-order valence-corrected chi connectivity index (χ3v) is 3.96. The van der Waals surface area contributed by atoms with Crippen molar-refractivity contribution in [2.45, 2.75) is 12.5 Å². The van der Waals surface area contributed by atoms with Crippen molar-refractivity contribution in [2.24, 2.45) is 0 Å². The van der Waals surface area contributed by atoms with Gasteiger partial charge in [0.25, 0.3) is 0 Å². The molecule has 1 nitrogen and oxygen atoms in total. The van der Waals surface area contributed by atoms with Crippen molar-refractivity contribution >= 4 is 11.3 Å². The van der Waals surface area contributed by atoms with Gasteiger partial charge < -0.3 is 5.32 Å². The van der Waals surface area contributed by atoms with Crippen LogP contribution in [0.25, 0.3) is 0 Å². The first-order valence-electron chi connectivity index (χ1n) is 5.41. The summed E-state index contributed by atoms with van der Waals surface area (Å²) < 4.78 is 13.3. The molecule has 0 spiro atoms. The molecule has 1 aromatic carbocycles. The quantitative estimate of drug-likeness (QED) is 0.798. The standard InChI is InChI=1S/C13H12FNS/c14-12-8-10-11(16-12)6-7-15-13(10)9-4-2-1-3-5-9/h1-5,8,13,15H,6-7H2. The minimum Gasteiger partial charge on any atom is -0.306 e. The second kappa shape index (κ2) is 4.00. The molecule has 1 atom stereocenters. The maximum atomic E-state index is 13.3. The van der Waals surface area contributed by atoms with Crippen LogP contribution in [0, 0.1) is 5.13 Å². The molecule has 3 heteroatoms. The number of hydrogen-bond acceptors (Lipinski definition) is 2. The summed E-state index contributed by atoms with van der Waals surface area (Å²) in [6, 6.07) is 12.0. The van der Waals surface area contributed by atoms with Gasteiger partial charge in [0.05, 0.1) is 6.04 Å². The monoisotopic (exact) mass is 233 g/mol. The molecule has 1 unspecified atom stereocenters. The lowest BCUT2D eigenvalue weighted by Gasteiger charge is -2.24. The third-order valence-electron chi connectivity index (χ3n) is 2.96. The van der Waals surface area contributed by atoms with E-state index in [0.29, 0.717) is 0 Å². The van der Waals surface area contributed by atoms with Gasteiger partial charge in [-0.2, -0.15) is 4.39 Å². The van der Waals surface area contributed by atoms with Crippen LogP contribution in [0.2, 0.25) is 0 Å². The van der Waals surface area contributed by atoms with Crippen LogP contribution in [-0.4, -0.2) is 6.54 Å². The highest BCUT2D eigenvalue weighted by atomic mass is 32.1. The Morgan fingerprint density at radius 2 is 2.06 bits per heavy atom. The Kier molecular flexibility index (Phi) is 2.50. The zero-order valence-corrected chi connectivity index (χ0v) is 9.56. The van der Waals surface area contributed by atoms with Crippen molar-refractivity contribution in [3.05, 3.63) is 57.5 Å². The van der Waals surface area contributed by atoms with E-state index in [0.717, 1.165) is 18.5 Å². The van der Waals surface area contributed by atoms with Crippen molar-refractivity contribution in [2.75, 3.05) is 6.54 Å². The second-order valence-electron chi connectivity index (χ2n) is 3.98. The van der Waals surface area contributed by atoms with Crippen molar-refractivity contribution in [1.82, 2.24) is 5.32 Å². The van der Waals surface area contributed by atoms with E-state index in [4.69, 9.17) is 0 Å². The lowest BCUT2D eigenvalue weighted by molar-refractivity contribution is 0.572. The molecular weight excluding hydrogens is 221 g/mol. The predicted octanol–water partition coefficient (Wildman–Crippen LogP) is 3.12. The fourth-order valence-electron chi connectivity index (χ4n) is 2.23. The SMILES string of the molecule is Fc1cc2c(s1)CCNC2c1ccccc1. The highest BCUT2D eigenvalue weighted by Gasteiger charge is 2.23. The first-order valence-corrected chi connectivity index (χ1v) is 6.22. The molecule has 0 saturated carbocycles. The van der Waals surface area contributed by atoms with Gasteiger partial charge in [0.1, 0.15) is 0 Å². The van der Waals surface area contributed by atoms with Crippen LogP contribution < -0.4 is 5.32 Å². The van der Waals surface area contributed by atoms with Gasteiger partial charge in [-0.1, -0.05) is 30.3 Å². The van der Waals surface area contributed by atoms with Crippen molar-refractivity contribution in [1.29, 1.82) is 0 Å². The van der Waals surface area contributed by atoms with Crippen molar-refractivity contribution in [3.8, 4) is 0 Å². The minimum atomic E-state index is -0.0744. The van der Waals surface area contributed by atoms with Crippen LogP contribution >= 0.6 is 11.3 Å². The first-order chi connectivity index (χ1) is 7.84. The van der Waals surface area contributed by atoms with E-state index < -0.39 is 0 Å². The van der Waals surface area contributed by atoms with Crippen LogP contribution in [0.1, 0.15) is 22.0 Å². The van der Waals surface area contributed by atoms with E-state index in [1.165, 1.54) is 21.8 Å². The lowest BCUT2D eigenvalue weighted by Crippen LogP contribution is -2.29. The molecule has 16 heavy (non-hydrogen) atoms. The molecular formula is C13H12FNS. The number of thiophene rings is 1. The average molecular weight is 233 g/mol. The minimum absolute atomic E-state index is 0.0744. The Bertz CT molecular complexity index is 492. The summed E-state index contributed by atoms with van der Waals surface area (Å²) in [6.07, 6.45) is 0.938. The van der Waals surface area contributed by atoms with Crippen LogP contribution in [0.15, 0.2) is 36.4 Å². The Morgan fingerprint density at radius 1 is 1.25 bits per heavy atom. The van der Waals surface area contributed by atoms with Gasteiger partial charge >= 0.3 is 0 Å². The molecule has 2 aromatic rings. The number of benzene rings is 1. The molecule has 3 rings (SSSR count). The summed E-state index contributed by atoms with van der Waals surface area (Å²) in [5, 5.41) is 3.37. The fourth-order valence-corrected chi connectivity index (χ4v) is 3.15. The summed E-state index contributed by atoms with van der Waals surface area (Å²) in [5.74, 6) is 0. The van der Waals surface area contributed by atoms with Crippen LogP contribution in [0.5, 0.6) is 0 Å². The summed E-state index contributed by atoms with van der Waals surface area (Å²) in [7, 11) is 0. The van der Waals surface area contributed by atoms with Gasteiger partial charge in [0.2, 0.25) is 0 Å². The fraction of sp³-hybridized carbons (Fsp3) is 0.231. The largest absolute Gasteiger partial charge is 0.306 e. The van der Waals surface area contributed by atoms with Crippen molar-refractivity contribution in [3.63, 3.8) is 0 Å². The van der Waals surface area contributed by atoms with Crippen LogP contribution in [0.4, 0.5) is 4.39 Å². The summed E-state index contributed by atoms with van der Waals surface area (Å²) in [4.78, 5) is 1.19. The normalized spacial score (nSPS) is 19.4. The van der Waals surface area contributed by atoms with Gasteiger partial charge in [-0.05, 0) is 23.6 Å². The maximum absolute atomic E-state index is 13.3. The van der Waals surface area contributed by atoms with Gasteiger partial charge in [-0.3, -0.25) is 0 Å². The summed E-state index contributed by atoms with van der Waals surface area (Å²) >= 11 is 1.28. The topological polar surface area (TPSA) is 12.0 Å². The zero-order chi connectivity index (χ0) is 11.0. The number of fused-ring (bicyclic) bond motifs is 1. The van der Waals surface area contributed by atoms with Gasteiger partial charge in [-0.15, -0.1) is 11.3 Å². The molecule has 1 N–H and O–H groups in total. The molecule has 1 aliphatic rings. The zero-order valence-electron chi connectivity index (χ0n) is 8.74. The van der Waals surface area contributed by atoms with Crippen molar-refractivity contribution < 1.29 is 4.39 Å². The third kappa shape index (κ3) is 1.66. The van der Waals surface area contributed by atoms with E-state index in [1.807, 2.05) is 18.2 Å². The summed E-state index contributed by atoms with van der Waals surface area (Å²) in [6.45, 7) is 0.923. The molecule has 1 aromatic heterocycles. The van der Waals surface area contributed by atoms with E-state index in [-0.39, 0.29) is 11.2 Å². The van der Waals surface area contributed by atoms with E-state index >= 15 is 0 Å². The van der Waals surface area contributed by atoms with E-state index in [2.05, 4.69) is 17.4 Å². The smallest absolute Gasteiger partial charge is 0.177 e. The molecule has 2 heterocycles. The maximum Gasteiger partial charge on any atom is 0.177 e. The molecule has 0 amide bonds. The number of halogens is 1. The molecule has 1 aliphatic heterocycles. The molecule has 0 aliphatic carbocycles. The lowest BCUT2D eigenvalue weighted by atomic mass is 9.95. The molecule has 0 radical (unpaired) electrons. The highest BCUT2D eigenvalue weighted by Crippen LogP contribution is 2.33. The van der Waals surface area contributed by atoms with Gasteiger partial charge in [0, 0.05) is 11.4 Å². The Hall–Kier alpha value is -1.19. The Morgan fingerprint density at radius 3 is 2.88 bits per heavy atom. The second-order valence-corrected chi connectivity index (χ2v) is 5.06. The van der Waals surface area contributed by atoms with E-state index in [9.17, 15) is 4.39 Å². The summed E-state index contributed by atoms with van der Waals surface area (Å²) in [5.41, 5.74) is 2.32. The molecule has 0 saturated heterocycles. The molecule has 0 bridgehead atoms. The molecule has 0 fully saturated rings. The van der Waals surface area contributed by atoms with Crippen LogP contribution in [0.3, 0.4) is 0 Å². The van der Waals surface area contributed by atoms with Crippen LogP contribution in [-0.2, 0) is 6.42 Å². The first kappa shape index (κ1) is 10.00. The average Bonchev–Trinajstić information content (AvgIpc) is 2.70. The number of rotatable bonds is 1. The molecule has 82 valence electrons. The number of nitrogens with one attached hydrogen (secondary N) is 1. The Labute approximate surface area is 97.9 Å². The number of hydrogen-bond donors (Lipinski definition) is 1. The van der Waals surface area contributed by atoms with Gasteiger partial charge in [0.15, 0.2) is 5.13 Å². The highest BCUT2D eigenvalue weighted by molar-refractivity contribution is 7.10. The Balaban J connectivity index is 2.05. The van der Waals surface area contributed by atoms with Gasteiger partial charge in [-0.25, -0.2) is 0 Å². The predicted molar refractivity (Wildman–Crippen MR) is 64.3 cm³/mol. The van der Waals surface area contributed by atoms with E-state index in [1.54, 1.807) is 6.07 Å².